The molecule has 0 atom stereocenters. The van der Waals surface area contributed by atoms with Crippen molar-refractivity contribution in [2.24, 2.45) is 5.92 Å². The van der Waals surface area contributed by atoms with Crippen molar-refractivity contribution in [3.63, 3.8) is 0 Å². The number of rotatable bonds is 2. The van der Waals surface area contributed by atoms with Gasteiger partial charge in [-0.15, -0.1) is 0 Å². The first-order chi connectivity index (χ1) is 8.02. The van der Waals surface area contributed by atoms with Crippen LogP contribution in [0.15, 0.2) is 12.1 Å². The summed E-state index contributed by atoms with van der Waals surface area (Å²) in [5.41, 5.74) is 6.30. The molecule has 1 heterocycles. The van der Waals surface area contributed by atoms with Gasteiger partial charge in [0.25, 0.3) is 5.91 Å². The van der Waals surface area contributed by atoms with Crippen LogP contribution in [0.4, 0.5) is 5.69 Å². The van der Waals surface area contributed by atoms with E-state index in [2.05, 4.69) is 0 Å². The van der Waals surface area contributed by atoms with E-state index in [1.165, 1.54) is 12.1 Å². The molecular weight excluding hydrogens is 263 g/mol. The van der Waals surface area contributed by atoms with Crippen molar-refractivity contribution in [1.82, 2.24) is 4.90 Å². The molecule has 1 aliphatic rings. The highest BCUT2D eigenvalue weighted by molar-refractivity contribution is 6.39. The lowest BCUT2D eigenvalue weighted by molar-refractivity contribution is 0.0362. The highest BCUT2D eigenvalue weighted by atomic mass is 35.5. The third-order valence-electron chi connectivity index (χ3n) is 2.83. The fraction of sp³-hybridized carbons (Fsp3) is 0.364. The van der Waals surface area contributed by atoms with Gasteiger partial charge in [-0.2, -0.15) is 0 Å². The van der Waals surface area contributed by atoms with Crippen LogP contribution in [0.3, 0.4) is 0 Å². The quantitative estimate of drug-likeness (QED) is 0.806. The monoisotopic (exact) mass is 274 g/mol. The molecule has 0 saturated carbocycles. The smallest absolute Gasteiger partial charge is 0.253 e. The van der Waals surface area contributed by atoms with E-state index in [1.807, 2.05) is 0 Å². The maximum absolute atomic E-state index is 12.0. The van der Waals surface area contributed by atoms with Gasteiger partial charge in [0.2, 0.25) is 0 Å². The number of carbonyl (C=O) groups is 1. The zero-order chi connectivity index (χ0) is 12.6. The third kappa shape index (κ3) is 2.34. The standard InChI is InChI=1S/C11H12Cl2N2O2/c12-8-1-7(2-9(13)10(8)14)11(17)15-3-6(4-15)5-16/h1-2,6,16H,3-5,14H2. The minimum atomic E-state index is -0.140. The first kappa shape index (κ1) is 12.5. The van der Waals surface area contributed by atoms with Crippen molar-refractivity contribution in [3.8, 4) is 0 Å². The largest absolute Gasteiger partial charge is 0.396 e. The molecule has 1 aromatic carbocycles. The molecule has 17 heavy (non-hydrogen) atoms. The second kappa shape index (κ2) is 4.72. The summed E-state index contributed by atoms with van der Waals surface area (Å²) in [4.78, 5) is 13.6. The third-order valence-corrected chi connectivity index (χ3v) is 3.45. The number of anilines is 1. The Morgan fingerprint density at radius 1 is 1.41 bits per heavy atom. The number of nitrogens with zero attached hydrogens (tertiary/aromatic N) is 1. The molecule has 4 nitrogen and oxygen atoms in total. The molecule has 0 radical (unpaired) electrons. The summed E-state index contributed by atoms with van der Waals surface area (Å²) >= 11 is 11.7. The first-order valence-electron chi connectivity index (χ1n) is 5.17. The number of nitrogens with two attached hydrogens (primary N) is 1. The number of nitrogen functional groups attached to an aromatic ring is 1. The molecule has 0 aromatic heterocycles. The molecular formula is C11H12Cl2N2O2. The van der Waals surface area contributed by atoms with E-state index < -0.39 is 0 Å². The topological polar surface area (TPSA) is 66.6 Å². The van der Waals surface area contributed by atoms with Gasteiger partial charge in [-0.25, -0.2) is 0 Å². The minimum absolute atomic E-state index is 0.104. The van der Waals surface area contributed by atoms with Gasteiger partial charge >= 0.3 is 0 Å². The summed E-state index contributed by atoms with van der Waals surface area (Å²) in [6.45, 7) is 1.23. The van der Waals surface area contributed by atoms with Gasteiger partial charge in [-0.3, -0.25) is 4.79 Å². The van der Waals surface area contributed by atoms with E-state index in [1.54, 1.807) is 4.90 Å². The van der Waals surface area contributed by atoms with Crippen LogP contribution in [-0.2, 0) is 0 Å². The second-order valence-electron chi connectivity index (χ2n) is 4.11. The Hall–Kier alpha value is -0.970. The number of likely N-dealkylation sites (tertiary alicyclic amines) is 1. The van der Waals surface area contributed by atoms with Crippen molar-refractivity contribution in [2.45, 2.75) is 0 Å². The van der Waals surface area contributed by atoms with Crippen molar-refractivity contribution in [2.75, 3.05) is 25.4 Å². The van der Waals surface area contributed by atoms with Gasteiger partial charge in [0.1, 0.15) is 0 Å². The SMILES string of the molecule is Nc1c(Cl)cc(C(=O)N2CC(CO)C2)cc1Cl. The number of halogens is 2. The molecule has 0 aliphatic carbocycles. The predicted molar refractivity (Wildman–Crippen MR) is 67.4 cm³/mol. The Labute approximate surface area is 109 Å². The maximum Gasteiger partial charge on any atom is 0.253 e. The van der Waals surface area contributed by atoms with Crippen LogP contribution in [-0.4, -0.2) is 35.6 Å². The average Bonchev–Trinajstić information content (AvgIpc) is 2.23. The van der Waals surface area contributed by atoms with Crippen LogP contribution >= 0.6 is 23.2 Å². The lowest BCUT2D eigenvalue weighted by Gasteiger charge is -2.38. The molecule has 6 heteroatoms. The lowest BCUT2D eigenvalue weighted by atomic mass is 10.00. The molecule has 1 fully saturated rings. The molecule has 1 aromatic rings. The van der Waals surface area contributed by atoms with E-state index in [4.69, 9.17) is 34.0 Å². The number of hydrogen-bond acceptors (Lipinski definition) is 3. The summed E-state index contributed by atoms with van der Waals surface area (Å²) in [7, 11) is 0. The number of hydrogen-bond donors (Lipinski definition) is 2. The molecule has 0 unspecified atom stereocenters. The van der Waals surface area contributed by atoms with Crippen LogP contribution in [0.1, 0.15) is 10.4 Å². The van der Waals surface area contributed by atoms with Gasteiger partial charge in [-0.05, 0) is 12.1 Å². The Balaban J connectivity index is 2.16. The van der Waals surface area contributed by atoms with Crippen LogP contribution in [0, 0.1) is 5.92 Å². The van der Waals surface area contributed by atoms with Gasteiger partial charge in [0, 0.05) is 31.2 Å². The van der Waals surface area contributed by atoms with Gasteiger partial charge in [-0.1, -0.05) is 23.2 Å². The fourth-order valence-corrected chi connectivity index (χ4v) is 2.23. The summed E-state index contributed by atoms with van der Waals surface area (Å²) in [6.07, 6.45) is 0. The van der Waals surface area contributed by atoms with Crippen LogP contribution in [0.25, 0.3) is 0 Å². The maximum atomic E-state index is 12.0. The Bertz CT molecular complexity index is 436. The Morgan fingerprint density at radius 3 is 2.41 bits per heavy atom. The summed E-state index contributed by atoms with van der Waals surface area (Å²) in [5.74, 6) is 0.0391. The normalized spacial score (nSPS) is 15.8. The molecule has 92 valence electrons. The number of aliphatic hydroxyl groups excluding tert-OH is 1. The van der Waals surface area contributed by atoms with Crippen LogP contribution < -0.4 is 5.73 Å². The fourth-order valence-electron chi connectivity index (χ4n) is 1.74. The number of amides is 1. The Kier molecular flexibility index (Phi) is 3.47. The van der Waals surface area contributed by atoms with E-state index in [0.717, 1.165) is 0 Å². The summed E-state index contributed by atoms with van der Waals surface area (Å²) < 4.78 is 0. The van der Waals surface area contributed by atoms with Crippen LogP contribution in [0.2, 0.25) is 10.0 Å². The number of carbonyl (C=O) groups excluding carboxylic acids is 1. The van der Waals surface area contributed by atoms with Gasteiger partial charge in [0.05, 0.1) is 15.7 Å². The lowest BCUT2D eigenvalue weighted by Crippen LogP contribution is -2.51. The molecule has 0 bridgehead atoms. The molecule has 3 N–H and O–H groups in total. The van der Waals surface area contributed by atoms with Crippen LogP contribution in [0.5, 0.6) is 0 Å². The van der Waals surface area contributed by atoms with E-state index in [0.29, 0.717) is 18.7 Å². The van der Waals surface area contributed by atoms with E-state index in [-0.39, 0.29) is 34.2 Å². The molecule has 1 aliphatic heterocycles. The summed E-state index contributed by atoms with van der Waals surface area (Å²) in [6, 6.07) is 3.02. The summed E-state index contributed by atoms with van der Waals surface area (Å²) in [5, 5.41) is 9.44. The first-order valence-corrected chi connectivity index (χ1v) is 5.93. The number of benzene rings is 1. The zero-order valence-electron chi connectivity index (χ0n) is 8.99. The van der Waals surface area contributed by atoms with E-state index >= 15 is 0 Å². The highest BCUT2D eigenvalue weighted by Crippen LogP contribution is 2.30. The Morgan fingerprint density at radius 2 is 1.94 bits per heavy atom. The molecule has 2 rings (SSSR count). The molecule has 0 spiro atoms. The van der Waals surface area contributed by atoms with Crippen molar-refractivity contribution in [1.29, 1.82) is 0 Å². The highest BCUT2D eigenvalue weighted by Gasteiger charge is 2.30. The predicted octanol–water partition coefficient (Wildman–Crippen LogP) is 1.64. The van der Waals surface area contributed by atoms with Gasteiger partial charge < -0.3 is 15.7 Å². The van der Waals surface area contributed by atoms with Crippen molar-refractivity contribution < 1.29 is 9.90 Å². The van der Waals surface area contributed by atoms with Gasteiger partial charge in [0.15, 0.2) is 0 Å². The molecule has 1 saturated heterocycles. The zero-order valence-corrected chi connectivity index (χ0v) is 10.5. The van der Waals surface area contributed by atoms with Crippen molar-refractivity contribution in [3.05, 3.63) is 27.7 Å². The molecule has 1 amide bonds. The van der Waals surface area contributed by atoms with Crippen molar-refractivity contribution >= 4 is 34.8 Å². The average molecular weight is 275 g/mol. The number of aliphatic hydroxyl groups is 1. The minimum Gasteiger partial charge on any atom is -0.396 e. The second-order valence-corrected chi connectivity index (χ2v) is 4.93. The van der Waals surface area contributed by atoms with E-state index in [9.17, 15) is 4.79 Å².